The minimum absolute atomic E-state index is 0.150. The van der Waals surface area contributed by atoms with Gasteiger partial charge in [-0.3, -0.25) is 14.9 Å². The molecule has 4 rings (SSSR count). The molecule has 1 heterocycles. The number of halogens is 2. The molecule has 0 spiro atoms. The molecule has 1 aliphatic rings. The van der Waals surface area contributed by atoms with Gasteiger partial charge in [0.2, 0.25) is 0 Å². The van der Waals surface area contributed by atoms with Crippen molar-refractivity contribution in [3.05, 3.63) is 91.5 Å². The highest BCUT2D eigenvalue weighted by atomic mass is 127. The first kappa shape index (κ1) is 26.2. The molecule has 0 saturated carbocycles. The van der Waals surface area contributed by atoms with Gasteiger partial charge in [0.25, 0.3) is 11.8 Å². The number of urea groups is 1. The Morgan fingerprint density at radius 3 is 2.46 bits per heavy atom. The number of amides is 4. The van der Waals surface area contributed by atoms with Crippen molar-refractivity contribution < 1.29 is 33.8 Å². The number of nitrogens with one attached hydrogen (secondary N) is 1. The number of carbonyl (C=O) groups is 4. The number of para-hydroxylation sites is 1. The lowest BCUT2D eigenvalue weighted by Gasteiger charge is -2.27. The molecule has 188 valence electrons. The first-order valence-corrected chi connectivity index (χ1v) is 12.1. The van der Waals surface area contributed by atoms with Gasteiger partial charge in [-0.05, 0) is 76.2 Å². The number of aromatic carboxylic acids is 1. The number of methoxy groups -OCH3 is 1. The summed E-state index contributed by atoms with van der Waals surface area (Å²) >= 11 is 8.21. The SMILES string of the molecule is COc1cc(/C=C2\C(=O)NC(=O)N(c3ccccc3Cl)C2=O)cc(I)c1OCc1ccc(C(=O)O)cc1. The average molecular weight is 633 g/mol. The van der Waals surface area contributed by atoms with Gasteiger partial charge in [-0.15, -0.1) is 0 Å². The van der Waals surface area contributed by atoms with Crippen molar-refractivity contribution in [1.29, 1.82) is 0 Å². The minimum Gasteiger partial charge on any atom is -0.493 e. The van der Waals surface area contributed by atoms with Crippen LogP contribution in [0.4, 0.5) is 10.5 Å². The van der Waals surface area contributed by atoms with Gasteiger partial charge in [0.1, 0.15) is 12.2 Å². The van der Waals surface area contributed by atoms with Gasteiger partial charge in [0.15, 0.2) is 11.5 Å². The molecule has 37 heavy (non-hydrogen) atoms. The smallest absolute Gasteiger partial charge is 0.335 e. The summed E-state index contributed by atoms with van der Waals surface area (Å²) in [4.78, 5) is 50.0. The van der Waals surface area contributed by atoms with Crippen molar-refractivity contribution in [2.24, 2.45) is 0 Å². The summed E-state index contributed by atoms with van der Waals surface area (Å²) in [5.41, 5.74) is 1.28. The third-order valence-corrected chi connectivity index (χ3v) is 6.46. The number of benzene rings is 3. The van der Waals surface area contributed by atoms with E-state index in [0.717, 1.165) is 10.5 Å². The number of rotatable bonds is 7. The van der Waals surface area contributed by atoms with Crippen LogP contribution in [0.3, 0.4) is 0 Å². The highest BCUT2D eigenvalue weighted by Crippen LogP contribution is 2.36. The molecule has 1 fully saturated rings. The van der Waals surface area contributed by atoms with E-state index in [-0.39, 0.29) is 28.5 Å². The fourth-order valence-electron chi connectivity index (χ4n) is 3.54. The molecule has 0 radical (unpaired) electrons. The number of barbiturate groups is 1. The predicted molar refractivity (Wildman–Crippen MR) is 144 cm³/mol. The van der Waals surface area contributed by atoms with E-state index in [0.29, 0.717) is 20.6 Å². The molecular weight excluding hydrogens is 615 g/mol. The highest BCUT2D eigenvalue weighted by Gasteiger charge is 2.37. The number of imide groups is 2. The standard InChI is InChI=1S/C26H18ClIN2O7/c1-36-21-12-15(11-19(28)22(21)37-13-14-6-8-16(9-7-14)25(33)34)10-17-23(31)29-26(35)30(24(17)32)20-5-3-2-4-18(20)27/h2-12H,13H2,1H3,(H,33,34)(H,29,31,35)/b17-10+. The number of carbonyl (C=O) groups excluding carboxylic acids is 3. The Morgan fingerprint density at radius 2 is 1.81 bits per heavy atom. The van der Waals surface area contributed by atoms with Crippen LogP contribution >= 0.6 is 34.2 Å². The number of ether oxygens (including phenoxy) is 2. The second kappa shape index (κ2) is 11.0. The Morgan fingerprint density at radius 1 is 1.11 bits per heavy atom. The summed E-state index contributed by atoms with van der Waals surface area (Å²) in [7, 11) is 1.45. The van der Waals surface area contributed by atoms with Crippen LogP contribution in [0.15, 0.2) is 66.2 Å². The Hall–Kier alpha value is -3.90. The number of nitrogens with zero attached hydrogens (tertiary/aromatic N) is 1. The lowest BCUT2D eigenvalue weighted by Crippen LogP contribution is -2.54. The van der Waals surface area contributed by atoms with Crippen LogP contribution in [-0.2, 0) is 16.2 Å². The van der Waals surface area contributed by atoms with E-state index in [9.17, 15) is 19.2 Å². The highest BCUT2D eigenvalue weighted by molar-refractivity contribution is 14.1. The van der Waals surface area contributed by atoms with Crippen LogP contribution in [0.1, 0.15) is 21.5 Å². The zero-order valence-electron chi connectivity index (χ0n) is 19.2. The quantitative estimate of drug-likeness (QED) is 0.216. The number of hydrogen-bond acceptors (Lipinski definition) is 6. The van der Waals surface area contributed by atoms with Gasteiger partial charge in [-0.25, -0.2) is 14.5 Å². The average Bonchev–Trinajstić information content (AvgIpc) is 2.87. The van der Waals surface area contributed by atoms with Crippen molar-refractivity contribution in [2.75, 3.05) is 12.0 Å². The molecular formula is C26H18ClIN2O7. The van der Waals surface area contributed by atoms with Crippen molar-refractivity contribution in [3.63, 3.8) is 0 Å². The molecule has 3 aromatic carbocycles. The molecule has 1 aliphatic heterocycles. The van der Waals surface area contributed by atoms with Gasteiger partial charge in [-0.2, -0.15) is 0 Å². The maximum absolute atomic E-state index is 13.2. The summed E-state index contributed by atoms with van der Waals surface area (Å²) in [5.74, 6) is -1.89. The van der Waals surface area contributed by atoms with Gasteiger partial charge in [0.05, 0.1) is 27.0 Å². The summed E-state index contributed by atoms with van der Waals surface area (Å²) in [6, 6.07) is 15.0. The largest absolute Gasteiger partial charge is 0.493 e. The first-order chi connectivity index (χ1) is 17.7. The van der Waals surface area contributed by atoms with Gasteiger partial charge >= 0.3 is 12.0 Å². The van der Waals surface area contributed by atoms with E-state index in [1.54, 1.807) is 36.4 Å². The zero-order valence-corrected chi connectivity index (χ0v) is 22.1. The molecule has 0 aliphatic carbocycles. The Balaban J connectivity index is 1.62. The Bertz CT molecular complexity index is 1450. The van der Waals surface area contributed by atoms with E-state index < -0.39 is 23.8 Å². The molecule has 0 aromatic heterocycles. The third-order valence-electron chi connectivity index (χ3n) is 5.34. The lowest BCUT2D eigenvalue weighted by atomic mass is 10.1. The van der Waals surface area contributed by atoms with Crippen molar-refractivity contribution in [2.45, 2.75) is 6.61 Å². The number of anilines is 1. The number of carboxylic acid groups (broad SMARTS) is 1. The van der Waals surface area contributed by atoms with Crippen LogP contribution in [0, 0.1) is 3.57 Å². The van der Waals surface area contributed by atoms with E-state index in [1.165, 1.54) is 37.5 Å². The lowest BCUT2D eigenvalue weighted by molar-refractivity contribution is -0.122. The molecule has 2 N–H and O–H groups in total. The van der Waals surface area contributed by atoms with E-state index in [4.69, 9.17) is 26.2 Å². The molecule has 1 saturated heterocycles. The Kier molecular flexibility index (Phi) is 7.79. The van der Waals surface area contributed by atoms with Crippen LogP contribution in [0.25, 0.3) is 6.08 Å². The maximum atomic E-state index is 13.2. The van der Waals surface area contributed by atoms with Crippen LogP contribution in [-0.4, -0.2) is 36.0 Å². The molecule has 0 bridgehead atoms. The fourth-order valence-corrected chi connectivity index (χ4v) is 4.54. The first-order valence-electron chi connectivity index (χ1n) is 10.7. The molecule has 9 nitrogen and oxygen atoms in total. The van der Waals surface area contributed by atoms with Gasteiger partial charge in [0, 0.05) is 0 Å². The second-order valence-corrected chi connectivity index (χ2v) is 9.30. The van der Waals surface area contributed by atoms with Crippen LogP contribution < -0.4 is 19.7 Å². The van der Waals surface area contributed by atoms with Crippen LogP contribution in [0.2, 0.25) is 5.02 Å². The molecule has 0 unspecified atom stereocenters. The van der Waals surface area contributed by atoms with E-state index >= 15 is 0 Å². The maximum Gasteiger partial charge on any atom is 0.335 e. The topological polar surface area (TPSA) is 122 Å². The zero-order chi connectivity index (χ0) is 26.7. The van der Waals surface area contributed by atoms with Gasteiger partial charge in [-0.1, -0.05) is 35.9 Å². The molecule has 0 atom stereocenters. The summed E-state index contributed by atoms with van der Waals surface area (Å²) in [6.07, 6.45) is 1.35. The Labute approximate surface area is 229 Å². The summed E-state index contributed by atoms with van der Waals surface area (Å²) in [6.45, 7) is 0.155. The summed E-state index contributed by atoms with van der Waals surface area (Å²) < 4.78 is 12.0. The van der Waals surface area contributed by atoms with E-state index in [2.05, 4.69) is 5.32 Å². The van der Waals surface area contributed by atoms with Crippen molar-refractivity contribution >= 4 is 69.8 Å². The fraction of sp³-hybridized carbons (Fsp3) is 0.0769. The molecule has 4 amide bonds. The van der Waals surface area contributed by atoms with Crippen molar-refractivity contribution in [1.82, 2.24) is 5.32 Å². The van der Waals surface area contributed by atoms with E-state index in [1.807, 2.05) is 22.6 Å². The monoisotopic (exact) mass is 632 g/mol. The summed E-state index contributed by atoms with van der Waals surface area (Å²) in [5, 5.41) is 11.4. The molecule has 3 aromatic rings. The second-order valence-electron chi connectivity index (χ2n) is 7.73. The molecule has 11 heteroatoms. The van der Waals surface area contributed by atoms with Crippen LogP contribution in [0.5, 0.6) is 11.5 Å². The number of hydrogen-bond donors (Lipinski definition) is 2. The van der Waals surface area contributed by atoms with Crippen molar-refractivity contribution in [3.8, 4) is 11.5 Å². The number of carboxylic acids is 1. The normalized spacial score (nSPS) is 14.5. The minimum atomic E-state index is -1.02. The predicted octanol–water partition coefficient (Wildman–Crippen LogP) is 4.90. The van der Waals surface area contributed by atoms with Gasteiger partial charge < -0.3 is 14.6 Å². The third kappa shape index (κ3) is 5.59.